The zero-order chi connectivity index (χ0) is 12.9. The monoisotopic (exact) mass is 265 g/mol. The molecule has 0 bridgehead atoms. The molecule has 0 amide bonds. The Kier molecular flexibility index (Phi) is 5.35. The van der Waals surface area contributed by atoms with E-state index in [9.17, 15) is 13.2 Å². The Bertz CT molecular complexity index is 350. The summed E-state index contributed by atoms with van der Waals surface area (Å²) >= 11 is 0. The molecule has 0 aromatic carbocycles. The first kappa shape index (κ1) is 14.4. The van der Waals surface area contributed by atoms with Crippen molar-refractivity contribution in [2.24, 2.45) is 0 Å². The number of sulfonamides is 1. The van der Waals surface area contributed by atoms with Gasteiger partial charge in [0, 0.05) is 26.1 Å². The van der Waals surface area contributed by atoms with Crippen molar-refractivity contribution in [1.29, 1.82) is 0 Å². The van der Waals surface area contributed by atoms with E-state index in [1.165, 1.54) is 11.4 Å². The number of carboxylic acid groups (broad SMARTS) is 1. The van der Waals surface area contributed by atoms with E-state index in [1.54, 1.807) is 0 Å². The molecule has 17 heavy (non-hydrogen) atoms. The van der Waals surface area contributed by atoms with E-state index in [0.29, 0.717) is 13.2 Å². The Hall–Kier alpha value is -0.660. The molecular weight excluding hydrogens is 246 g/mol. The molecule has 6 nitrogen and oxygen atoms in total. The van der Waals surface area contributed by atoms with Crippen molar-refractivity contribution in [2.45, 2.75) is 31.7 Å². The Morgan fingerprint density at radius 3 is 2.59 bits per heavy atom. The zero-order valence-corrected chi connectivity index (χ0v) is 10.8. The van der Waals surface area contributed by atoms with E-state index in [-0.39, 0.29) is 24.6 Å². The van der Waals surface area contributed by atoms with Gasteiger partial charge in [0.1, 0.15) is 0 Å². The van der Waals surface area contributed by atoms with Crippen LogP contribution in [0.4, 0.5) is 0 Å². The third-order valence-electron chi connectivity index (χ3n) is 2.62. The maximum absolute atomic E-state index is 12.0. The molecule has 0 aromatic rings. The first-order valence-electron chi connectivity index (χ1n) is 5.67. The van der Waals surface area contributed by atoms with Gasteiger partial charge in [-0.3, -0.25) is 4.79 Å². The molecule has 1 saturated carbocycles. The lowest BCUT2D eigenvalue weighted by Gasteiger charge is -2.21. The number of hydrogen-bond donors (Lipinski definition) is 1. The third kappa shape index (κ3) is 5.01. The number of aliphatic carboxylic acids is 1. The number of ether oxygens (including phenoxy) is 1. The molecule has 0 radical (unpaired) electrons. The van der Waals surface area contributed by atoms with Crippen LogP contribution in [0.1, 0.15) is 25.7 Å². The molecule has 0 unspecified atom stereocenters. The van der Waals surface area contributed by atoms with Crippen molar-refractivity contribution in [3.63, 3.8) is 0 Å². The summed E-state index contributed by atoms with van der Waals surface area (Å²) in [6.45, 7) is 0.727. The molecule has 1 fully saturated rings. The first-order valence-corrected chi connectivity index (χ1v) is 7.28. The molecule has 1 N–H and O–H groups in total. The number of rotatable bonds is 9. The van der Waals surface area contributed by atoms with Crippen LogP contribution in [0.3, 0.4) is 0 Å². The van der Waals surface area contributed by atoms with Crippen molar-refractivity contribution >= 4 is 16.0 Å². The lowest BCUT2D eigenvalue weighted by Crippen LogP contribution is -2.37. The predicted octanol–water partition coefficient (Wildman–Crippen LogP) is 0.292. The Morgan fingerprint density at radius 2 is 2.12 bits per heavy atom. The minimum atomic E-state index is -3.34. The summed E-state index contributed by atoms with van der Waals surface area (Å²) in [7, 11) is -1.81. The minimum Gasteiger partial charge on any atom is -0.481 e. The number of carbonyl (C=O) groups is 1. The van der Waals surface area contributed by atoms with Crippen molar-refractivity contribution in [2.75, 3.05) is 26.0 Å². The number of methoxy groups -OCH3 is 1. The van der Waals surface area contributed by atoms with Crippen LogP contribution in [0.15, 0.2) is 0 Å². The summed E-state index contributed by atoms with van der Waals surface area (Å²) in [5.74, 6) is -1.06. The molecule has 0 atom stereocenters. The second-order valence-electron chi connectivity index (χ2n) is 4.15. The molecule has 1 rings (SSSR count). The normalized spacial score (nSPS) is 16.4. The summed E-state index contributed by atoms with van der Waals surface area (Å²) in [6.07, 6.45) is 1.83. The average molecular weight is 265 g/mol. The van der Waals surface area contributed by atoms with Crippen LogP contribution in [0.5, 0.6) is 0 Å². The van der Waals surface area contributed by atoms with Gasteiger partial charge in [-0.25, -0.2) is 8.42 Å². The lowest BCUT2D eigenvalue weighted by molar-refractivity contribution is -0.137. The smallest absolute Gasteiger partial charge is 0.303 e. The van der Waals surface area contributed by atoms with E-state index in [4.69, 9.17) is 9.84 Å². The van der Waals surface area contributed by atoms with Crippen molar-refractivity contribution < 1.29 is 23.1 Å². The summed E-state index contributed by atoms with van der Waals surface area (Å²) in [5.41, 5.74) is 0. The number of carboxylic acids is 1. The molecule has 1 aliphatic carbocycles. The fraction of sp³-hybridized carbons (Fsp3) is 0.900. The van der Waals surface area contributed by atoms with Crippen LogP contribution in [-0.4, -0.2) is 55.9 Å². The molecule has 100 valence electrons. The van der Waals surface area contributed by atoms with Gasteiger partial charge in [-0.1, -0.05) is 0 Å². The lowest BCUT2D eigenvalue weighted by atomic mass is 10.3. The van der Waals surface area contributed by atoms with Crippen LogP contribution in [0.25, 0.3) is 0 Å². The highest BCUT2D eigenvalue weighted by atomic mass is 32.2. The summed E-state index contributed by atoms with van der Waals surface area (Å²) in [5, 5.41) is 8.48. The fourth-order valence-electron chi connectivity index (χ4n) is 1.62. The topological polar surface area (TPSA) is 83.9 Å². The molecule has 0 spiro atoms. The zero-order valence-electron chi connectivity index (χ0n) is 9.96. The number of nitrogens with zero attached hydrogens (tertiary/aromatic N) is 1. The minimum absolute atomic E-state index is 0.0972. The van der Waals surface area contributed by atoms with Gasteiger partial charge in [0.25, 0.3) is 0 Å². The summed E-state index contributed by atoms with van der Waals surface area (Å²) in [6, 6.07) is 0.0972. The number of hydrogen-bond acceptors (Lipinski definition) is 4. The van der Waals surface area contributed by atoms with E-state index in [2.05, 4.69) is 0 Å². The van der Waals surface area contributed by atoms with Crippen LogP contribution >= 0.6 is 0 Å². The molecule has 7 heteroatoms. The molecule has 1 aliphatic rings. The van der Waals surface area contributed by atoms with Crippen LogP contribution in [0.2, 0.25) is 0 Å². The van der Waals surface area contributed by atoms with Gasteiger partial charge in [0.05, 0.1) is 12.4 Å². The Morgan fingerprint density at radius 1 is 1.47 bits per heavy atom. The van der Waals surface area contributed by atoms with Gasteiger partial charge in [-0.2, -0.15) is 4.31 Å². The van der Waals surface area contributed by atoms with E-state index >= 15 is 0 Å². The largest absolute Gasteiger partial charge is 0.481 e. The van der Waals surface area contributed by atoms with Crippen LogP contribution in [0, 0.1) is 0 Å². The average Bonchev–Trinajstić information content (AvgIpc) is 3.01. The third-order valence-corrected chi connectivity index (χ3v) is 4.62. The van der Waals surface area contributed by atoms with Crippen LogP contribution in [-0.2, 0) is 19.6 Å². The summed E-state index contributed by atoms with van der Waals surface area (Å²) in [4.78, 5) is 10.3. The van der Waals surface area contributed by atoms with Crippen LogP contribution < -0.4 is 0 Å². The maximum atomic E-state index is 12.0. The molecule has 0 aliphatic heterocycles. The quantitative estimate of drug-likeness (QED) is 0.648. The second kappa shape index (κ2) is 6.32. The highest BCUT2D eigenvalue weighted by molar-refractivity contribution is 7.89. The van der Waals surface area contributed by atoms with Gasteiger partial charge >= 0.3 is 5.97 Å². The van der Waals surface area contributed by atoms with Gasteiger partial charge in [-0.05, 0) is 19.3 Å². The van der Waals surface area contributed by atoms with Crippen molar-refractivity contribution in [1.82, 2.24) is 4.31 Å². The molecule has 0 aromatic heterocycles. The van der Waals surface area contributed by atoms with Gasteiger partial charge < -0.3 is 9.84 Å². The summed E-state index contributed by atoms with van der Waals surface area (Å²) < 4.78 is 30.3. The van der Waals surface area contributed by atoms with Gasteiger partial charge in [0.2, 0.25) is 10.0 Å². The Balaban J connectivity index is 2.48. The van der Waals surface area contributed by atoms with Gasteiger partial charge in [-0.15, -0.1) is 0 Å². The van der Waals surface area contributed by atoms with Crippen molar-refractivity contribution in [3.05, 3.63) is 0 Å². The first-order chi connectivity index (χ1) is 7.97. The van der Waals surface area contributed by atoms with E-state index in [1.807, 2.05) is 0 Å². The maximum Gasteiger partial charge on any atom is 0.303 e. The van der Waals surface area contributed by atoms with E-state index < -0.39 is 16.0 Å². The van der Waals surface area contributed by atoms with E-state index in [0.717, 1.165) is 12.8 Å². The Labute approximate surface area is 102 Å². The SMILES string of the molecule is COCCN(C1CC1)S(=O)(=O)CCCC(=O)O. The molecule has 0 heterocycles. The fourth-order valence-corrected chi connectivity index (χ4v) is 3.38. The van der Waals surface area contributed by atoms with Crippen molar-refractivity contribution in [3.8, 4) is 0 Å². The highest BCUT2D eigenvalue weighted by Gasteiger charge is 2.36. The predicted molar refractivity (Wildman–Crippen MR) is 62.3 cm³/mol. The second-order valence-corrected chi connectivity index (χ2v) is 6.19. The highest BCUT2D eigenvalue weighted by Crippen LogP contribution is 2.29. The standard InChI is InChI=1S/C10H19NO5S/c1-16-7-6-11(9-4-5-9)17(14,15)8-2-3-10(12)13/h9H,2-8H2,1H3,(H,12,13). The molecular formula is C10H19NO5S. The molecule has 0 saturated heterocycles. The van der Waals surface area contributed by atoms with Gasteiger partial charge in [0.15, 0.2) is 0 Å².